The summed E-state index contributed by atoms with van der Waals surface area (Å²) in [6.07, 6.45) is 2.85. The third kappa shape index (κ3) is 1.30. The van der Waals surface area contributed by atoms with Crippen molar-refractivity contribution in [2.24, 2.45) is 11.7 Å². The Balaban J connectivity index is 2.51. The maximum Gasteiger partial charge on any atom is 0.149 e. The van der Waals surface area contributed by atoms with Crippen molar-refractivity contribution in [2.45, 2.75) is 32.2 Å². The molecule has 1 aliphatic rings. The van der Waals surface area contributed by atoms with Gasteiger partial charge in [0.05, 0.1) is 6.04 Å². The third-order valence-corrected chi connectivity index (χ3v) is 2.07. The van der Waals surface area contributed by atoms with E-state index in [1.165, 1.54) is 0 Å². The standard InChI is InChI=1S/C7H13NO/c1-5-3-2-4-6(9)7(5)8/h5,7H,2-4,8H2,1H3/t5-,7-/m1/s1. The summed E-state index contributed by atoms with van der Waals surface area (Å²) in [4.78, 5) is 10.9. The first-order chi connectivity index (χ1) is 4.22. The number of nitrogens with two attached hydrogens (primary N) is 1. The molecule has 52 valence electrons. The van der Waals surface area contributed by atoms with Gasteiger partial charge < -0.3 is 5.73 Å². The number of rotatable bonds is 0. The van der Waals surface area contributed by atoms with Crippen LogP contribution in [0.15, 0.2) is 0 Å². The van der Waals surface area contributed by atoms with Crippen LogP contribution < -0.4 is 5.73 Å². The third-order valence-electron chi connectivity index (χ3n) is 2.07. The Morgan fingerprint density at radius 3 is 2.78 bits per heavy atom. The van der Waals surface area contributed by atoms with Crippen molar-refractivity contribution in [1.29, 1.82) is 0 Å². The van der Waals surface area contributed by atoms with Gasteiger partial charge in [-0.1, -0.05) is 6.92 Å². The van der Waals surface area contributed by atoms with Gasteiger partial charge in [0.15, 0.2) is 0 Å². The predicted octanol–water partition coefficient (Wildman–Crippen LogP) is 0.703. The molecule has 0 aromatic carbocycles. The minimum Gasteiger partial charge on any atom is -0.321 e. The highest BCUT2D eigenvalue weighted by Gasteiger charge is 2.24. The smallest absolute Gasteiger partial charge is 0.149 e. The minimum atomic E-state index is -0.168. The summed E-state index contributed by atoms with van der Waals surface area (Å²) in [6, 6.07) is -0.168. The minimum absolute atomic E-state index is 0.168. The number of hydrogen-bond acceptors (Lipinski definition) is 2. The molecular formula is C7H13NO. The molecule has 0 aromatic heterocycles. The van der Waals surface area contributed by atoms with Gasteiger partial charge in [0.2, 0.25) is 0 Å². The summed E-state index contributed by atoms with van der Waals surface area (Å²) in [5.41, 5.74) is 5.57. The molecule has 0 radical (unpaired) electrons. The van der Waals surface area contributed by atoms with Gasteiger partial charge in [-0.15, -0.1) is 0 Å². The van der Waals surface area contributed by atoms with E-state index in [2.05, 4.69) is 0 Å². The Kier molecular flexibility index (Phi) is 1.86. The zero-order valence-corrected chi connectivity index (χ0v) is 5.76. The Morgan fingerprint density at radius 1 is 1.67 bits per heavy atom. The molecule has 0 saturated heterocycles. The molecule has 0 spiro atoms. The van der Waals surface area contributed by atoms with E-state index in [1.54, 1.807) is 0 Å². The van der Waals surface area contributed by atoms with E-state index >= 15 is 0 Å². The molecule has 0 unspecified atom stereocenters. The Hall–Kier alpha value is -0.370. The zero-order valence-electron chi connectivity index (χ0n) is 5.76. The lowest BCUT2D eigenvalue weighted by Crippen LogP contribution is -2.39. The van der Waals surface area contributed by atoms with Crippen LogP contribution in [0.3, 0.4) is 0 Å². The van der Waals surface area contributed by atoms with Gasteiger partial charge in [-0.05, 0) is 18.8 Å². The van der Waals surface area contributed by atoms with Gasteiger partial charge in [-0.3, -0.25) is 4.79 Å². The maximum atomic E-state index is 10.9. The fourth-order valence-electron chi connectivity index (χ4n) is 1.26. The second-order valence-electron chi connectivity index (χ2n) is 2.86. The highest BCUT2D eigenvalue weighted by atomic mass is 16.1. The quantitative estimate of drug-likeness (QED) is 0.520. The van der Waals surface area contributed by atoms with Crippen molar-refractivity contribution < 1.29 is 4.79 Å². The topological polar surface area (TPSA) is 43.1 Å². The van der Waals surface area contributed by atoms with Crippen molar-refractivity contribution in [3.63, 3.8) is 0 Å². The second-order valence-corrected chi connectivity index (χ2v) is 2.86. The van der Waals surface area contributed by atoms with Crippen molar-refractivity contribution in [2.75, 3.05) is 0 Å². The Morgan fingerprint density at radius 2 is 2.33 bits per heavy atom. The van der Waals surface area contributed by atoms with Crippen LogP contribution in [-0.4, -0.2) is 11.8 Å². The van der Waals surface area contributed by atoms with Crippen molar-refractivity contribution in [3.8, 4) is 0 Å². The largest absolute Gasteiger partial charge is 0.321 e. The molecule has 0 aromatic rings. The molecule has 1 fully saturated rings. The summed E-state index contributed by atoms with van der Waals surface area (Å²) in [5, 5.41) is 0. The first-order valence-electron chi connectivity index (χ1n) is 3.50. The zero-order chi connectivity index (χ0) is 6.85. The van der Waals surface area contributed by atoms with Crippen LogP contribution in [0.2, 0.25) is 0 Å². The SMILES string of the molecule is C[C@@H]1CCCC(=O)[C@@H]1N. The van der Waals surface area contributed by atoms with Crippen molar-refractivity contribution in [3.05, 3.63) is 0 Å². The van der Waals surface area contributed by atoms with Gasteiger partial charge in [0, 0.05) is 6.42 Å². The van der Waals surface area contributed by atoms with E-state index in [0.717, 1.165) is 12.8 Å². The van der Waals surface area contributed by atoms with Crippen LogP contribution in [-0.2, 0) is 4.79 Å². The Bertz CT molecular complexity index is 122. The lowest BCUT2D eigenvalue weighted by Gasteiger charge is -2.23. The highest BCUT2D eigenvalue weighted by molar-refractivity contribution is 5.84. The first-order valence-corrected chi connectivity index (χ1v) is 3.50. The summed E-state index contributed by atoms with van der Waals surface area (Å²) in [6.45, 7) is 2.04. The molecule has 1 aliphatic carbocycles. The van der Waals surface area contributed by atoms with Gasteiger partial charge in [-0.25, -0.2) is 0 Å². The van der Waals surface area contributed by atoms with Crippen molar-refractivity contribution >= 4 is 5.78 Å². The number of carbonyl (C=O) groups is 1. The van der Waals surface area contributed by atoms with E-state index in [1.807, 2.05) is 6.92 Å². The van der Waals surface area contributed by atoms with Gasteiger partial charge in [-0.2, -0.15) is 0 Å². The van der Waals surface area contributed by atoms with Gasteiger partial charge in [0.25, 0.3) is 0 Å². The summed E-state index contributed by atoms with van der Waals surface area (Å²) < 4.78 is 0. The van der Waals surface area contributed by atoms with Crippen LogP contribution in [0.25, 0.3) is 0 Å². The molecule has 1 saturated carbocycles. The van der Waals surface area contributed by atoms with Crippen LogP contribution >= 0.6 is 0 Å². The lowest BCUT2D eigenvalue weighted by atomic mass is 9.86. The maximum absolute atomic E-state index is 10.9. The molecule has 1 rings (SSSR count). The van der Waals surface area contributed by atoms with Crippen molar-refractivity contribution in [1.82, 2.24) is 0 Å². The van der Waals surface area contributed by atoms with Gasteiger partial charge in [0.1, 0.15) is 5.78 Å². The van der Waals surface area contributed by atoms with Crippen LogP contribution in [0.1, 0.15) is 26.2 Å². The predicted molar refractivity (Wildman–Crippen MR) is 36.0 cm³/mol. The average molecular weight is 127 g/mol. The second kappa shape index (κ2) is 2.48. The monoisotopic (exact) mass is 127 g/mol. The van der Waals surface area contributed by atoms with Gasteiger partial charge >= 0.3 is 0 Å². The van der Waals surface area contributed by atoms with Crippen LogP contribution in [0, 0.1) is 5.92 Å². The number of hydrogen-bond donors (Lipinski definition) is 1. The highest BCUT2D eigenvalue weighted by Crippen LogP contribution is 2.18. The van der Waals surface area contributed by atoms with Crippen LogP contribution in [0.4, 0.5) is 0 Å². The molecule has 2 atom stereocenters. The van der Waals surface area contributed by atoms with Crippen LogP contribution in [0.5, 0.6) is 0 Å². The molecular weight excluding hydrogens is 114 g/mol. The first kappa shape index (κ1) is 6.75. The molecule has 0 amide bonds. The normalized spacial score (nSPS) is 36.9. The van der Waals surface area contributed by atoms with E-state index in [4.69, 9.17) is 5.73 Å². The molecule has 2 nitrogen and oxygen atoms in total. The van der Waals surface area contributed by atoms with E-state index in [0.29, 0.717) is 12.3 Å². The van der Waals surface area contributed by atoms with E-state index in [9.17, 15) is 4.79 Å². The van der Waals surface area contributed by atoms with E-state index < -0.39 is 0 Å². The molecule has 0 bridgehead atoms. The molecule has 0 heterocycles. The lowest BCUT2D eigenvalue weighted by molar-refractivity contribution is -0.122. The summed E-state index contributed by atoms with van der Waals surface area (Å²) >= 11 is 0. The molecule has 9 heavy (non-hydrogen) atoms. The number of Topliss-reactive ketones (excluding diaryl/α,β-unsaturated/α-hetero) is 1. The number of carbonyl (C=O) groups excluding carboxylic acids is 1. The summed E-state index contributed by atoms with van der Waals surface area (Å²) in [5.74, 6) is 0.653. The molecule has 2 heteroatoms. The summed E-state index contributed by atoms with van der Waals surface area (Å²) in [7, 11) is 0. The average Bonchev–Trinajstić information content (AvgIpc) is 1.83. The molecule has 0 aliphatic heterocycles. The fraction of sp³-hybridized carbons (Fsp3) is 0.857. The Labute approximate surface area is 55.4 Å². The fourth-order valence-corrected chi connectivity index (χ4v) is 1.26. The molecule has 2 N–H and O–H groups in total. The number of ketones is 1. The van der Waals surface area contributed by atoms with E-state index in [-0.39, 0.29) is 11.8 Å².